The van der Waals surface area contributed by atoms with Crippen molar-refractivity contribution in [1.29, 1.82) is 0 Å². The second kappa shape index (κ2) is 10.4. The molecule has 26 heavy (non-hydrogen) atoms. The Labute approximate surface area is 170 Å². The monoisotopic (exact) mass is 432 g/mol. The largest absolute Gasteiger partial charge is 0.417 e. The van der Waals surface area contributed by atoms with Crippen LogP contribution in [0.15, 0.2) is 18.2 Å². The van der Waals surface area contributed by atoms with Crippen molar-refractivity contribution in [3.8, 4) is 0 Å². The second-order valence-corrected chi connectivity index (χ2v) is 7.27. The lowest BCUT2D eigenvalue weighted by molar-refractivity contribution is -0.137. The van der Waals surface area contributed by atoms with Crippen LogP contribution >= 0.6 is 36.4 Å². The Morgan fingerprint density at radius 3 is 2.23 bits per heavy atom. The predicted octanol–water partition coefficient (Wildman–Crippen LogP) is 5.73. The molecule has 3 rings (SSSR count). The Kier molecular flexibility index (Phi) is 9.51. The van der Waals surface area contributed by atoms with Crippen LogP contribution in [0.3, 0.4) is 0 Å². The highest BCUT2D eigenvalue weighted by Gasteiger charge is 2.36. The number of hydrogen-bond acceptors (Lipinski definition) is 2. The molecule has 1 aliphatic heterocycles. The molecule has 1 aliphatic carbocycles. The first-order chi connectivity index (χ1) is 11.5. The van der Waals surface area contributed by atoms with E-state index in [2.05, 4.69) is 10.2 Å². The Hall–Kier alpha value is -0.200. The van der Waals surface area contributed by atoms with Gasteiger partial charge in [0.15, 0.2) is 0 Å². The standard InChI is InChI=1S/C18H24ClF3N2.2ClH/c19-16-7-6-14(12-15(16)18(20,21)22)17(13-4-2-1-3-5-13)24-10-8-23-9-11-24;;/h6-7,12-13,17,23H,1-5,8-11H2;2*1H/t17-;;/m0../s1. The minimum absolute atomic E-state index is 0. The second-order valence-electron chi connectivity index (χ2n) is 6.87. The van der Waals surface area contributed by atoms with Gasteiger partial charge >= 0.3 is 6.18 Å². The number of halogens is 6. The van der Waals surface area contributed by atoms with Gasteiger partial charge in [0.1, 0.15) is 0 Å². The summed E-state index contributed by atoms with van der Waals surface area (Å²) in [7, 11) is 0. The third kappa shape index (κ3) is 5.65. The summed E-state index contributed by atoms with van der Waals surface area (Å²) in [5.74, 6) is 0.430. The molecule has 1 saturated heterocycles. The molecule has 0 radical (unpaired) electrons. The highest BCUT2D eigenvalue weighted by atomic mass is 35.5. The number of benzene rings is 1. The average molecular weight is 434 g/mol. The molecule has 1 N–H and O–H groups in total. The molecule has 0 unspecified atom stereocenters. The molecule has 8 heteroatoms. The van der Waals surface area contributed by atoms with E-state index in [1.807, 2.05) is 0 Å². The first kappa shape index (κ1) is 23.8. The molecular formula is C18H26Cl3F3N2. The van der Waals surface area contributed by atoms with Gasteiger partial charge in [-0.2, -0.15) is 13.2 Å². The normalized spacial score (nSPS) is 20.8. The van der Waals surface area contributed by atoms with Gasteiger partial charge < -0.3 is 5.32 Å². The van der Waals surface area contributed by atoms with Gasteiger partial charge in [-0.3, -0.25) is 4.90 Å². The number of piperazine rings is 1. The molecular weight excluding hydrogens is 408 g/mol. The fourth-order valence-corrected chi connectivity index (χ4v) is 4.36. The minimum atomic E-state index is -4.41. The Balaban J connectivity index is 0.00000169. The van der Waals surface area contributed by atoms with Gasteiger partial charge in [0.2, 0.25) is 0 Å². The summed E-state index contributed by atoms with van der Waals surface area (Å²) in [6.07, 6.45) is 1.37. The summed E-state index contributed by atoms with van der Waals surface area (Å²) in [6.45, 7) is 3.54. The van der Waals surface area contributed by atoms with E-state index in [1.54, 1.807) is 6.07 Å². The summed E-state index contributed by atoms with van der Waals surface area (Å²) in [5.41, 5.74) is 0.0538. The number of hydrogen-bond donors (Lipinski definition) is 1. The minimum Gasteiger partial charge on any atom is -0.314 e. The summed E-state index contributed by atoms with van der Waals surface area (Å²) in [5, 5.41) is 3.11. The summed E-state index contributed by atoms with van der Waals surface area (Å²) in [6, 6.07) is 4.55. The maximum absolute atomic E-state index is 13.3. The van der Waals surface area contributed by atoms with Gasteiger partial charge in [-0.05, 0) is 36.5 Å². The van der Waals surface area contributed by atoms with Gasteiger partial charge in [-0.15, -0.1) is 24.8 Å². The zero-order chi connectivity index (χ0) is 17.2. The molecule has 1 saturated carbocycles. The van der Waals surface area contributed by atoms with E-state index in [0.717, 1.165) is 44.6 Å². The van der Waals surface area contributed by atoms with Crippen LogP contribution in [0.4, 0.5) is 13.2 Å². The lowest BCUT2D eigenvalue weighted by Crippen LogP contribution is -2.47. The molecule has 0 bridgehead atoms. The van der Waals surface area contributed by atoms with Crippen molar-refractivity contribution in [2.24, 2.45) is 5.92 Å². The molecule has 2 fully saturated rings. The van der Waals surface area contributed by atoms with Crippen LogP contribution < -0.4 is 5.32 Å². The van der Waals surface area contributed by atoms with Crippen LogP contribution in [-0.4, -0.2) is 31.1 Å². The van der Waals surface area contributed by atoms with Crippen LogP contribution in [0.5, 0.6) is 0 Å². The third-order valence-corrected chi connectivity index (χ3v) is 5.61. The summed E-state index contributed by atoms with van der Waals surface area (Å²) in [4.78, 5) is 2.36. The lowest BCUT2D eigenvalue weighted by atomic mass is 9.80. The van der Waals surface area contributed by atoms with Crippen molar-refractivity contribution >= 4 is 36.4 Å². The maximum Gasteiger partial charge on any atom is 0.417 e. The fourth-order valence-electron chi connectivity index (χ4n) is 4.14. The van der Waals surface area contributed by atoms with Gasteiger partial charge in [0.25, 0.3) is 0 Å². The van der Waals surface area contributed by atoms with Crippen LogP contribution in [-0.2, 0) is 6.18 Å². The van der Waals surface area contributed by atoms with Crippen molar-refractivity contribution in [2.75, 3.05) is 26.2 Å². The molecule has 1 aromatic carbocycles. The van der Waals surface area contributed by atoms with Gasteiger partial charge in [-0.25, -0.2) is 0 Å². The predicted molar refractivity (Wildman–Crippen MR) is 105 cm³/mol. The van der Waals surface area contributed by atoms with E-state index in [9.17, 15) is 13.2 Å². The SMILES string of the molecule is Cl.Cl.FC(F)(F)c1cc([C@H](C2CCCCC2)N2CCNCC2)ccc1Cl. The van der Waals surface area contributed by atoms with Crippen LogP contribution in [0.2, 0.25) is 5.02 Å². The van der Waals surface area contributed by atoms with E-state index in [-0.39, 0.29) is 35.9 Å². The number of alkyl halides is 3. The number of rotatable bonds is 3. The van der Waals surface area contributed by atoms with E-state index < -0.39 is 11.7 Å². The fraction of sp³-hybridized carbons (Fsp3) is 0.667. The quantitative estimate of drug-likeness (QED) is 0.655. The molecule has 1 aromatic rings. The molecule has 0 amide bonds. The van der Waals surface area contributed by atoms with E-state index >= 15 is 0 Å². The Morgan fingerprint density at radius 1 is 1.04 bits per heavy atom. The Bertz CT molecular complexity index is 539. The van der Waals surface area contributed by atoms with Crippen molar-refractivity contribution < 1.29 is 13.2 Å². The molecule has 0 aromatic heterocycles. The van der Waals surface area contributed by atoms with Crippen molar-refractivity contribution in [1.82, 2.24) is 10.2 Å². The van der Waals surface area contributed by atoms with Gasteiger partial charge in [-0.1, -0.05) is 36.9 Å². The highest BCUT2D eigenvalue weighted by molar-refractivity contribution is 6.31. The molecule has 150 valence electrons. The van der Waals surface area contributed by atoms with Crippen LogP contribution in [0.25, 0.3) is 0 Å². The zero-order valence-corrected chi connectivity index (χ0v) is 16.9. The molecule has 2 nitrogen and oxygen atoms in total. The summed E-state index contributed by atoms with van der Waals surface area (Å²) >= 11 is 5.81. The first-order valence-electron chi connectivity index (χ1n) is 8.78. The van der Waals surface area contributed by atoms with Crippen LogP contribution in [0, 0.1) is 5.92 Å². The van der Waals surface area contributed by atoms with Crippen molar-refractivity contribution in [2.45, 2.75) is 44.3 Å². The van der Waals surface area contributed by atoms with Gasteiger partial charge in [0.05, 0.1) is 10.6 Å². The molecule has 2 aliphatic rings. The van der Waals surface area contributed by atoms with Crippen molar-refractivity contribution in [3.63, 3.8) is 0 Å². The van der Waals surface area contributed by atoms with Crippen molar-refractivity contribution in [3.05, 3.63) is 34.3 Å². The highest BCUT2D eigenvalue weighted by Crippen LogP contribution is 2.42. The van der Waals surface area contributed by atoms with E-state index in [1.165, 1.54) is 31.4 Å². The Morgan fingerprint density at radius 2 is 1.65 bits per heavy atom. The third-order valence-electron chi connectivity index (χ3n) is 5.28. The molecule has 1 heterocycles. The van der Waals surface area contributed by atoms with Gasteiger partial charge in [0, 0.05) is 32.2 Å². The summed E-state index contributed by atoms with van der Waals surface area (Å²) < 4.78 is 39.8. The number of nitrogens with one attached hydrogen (secondary N) is 1. The smallest absolute Gasteiger partial charge is 0.314 e. The average Bonchev–Trinajstić information content (AvgIpc) is 2.57. The number of nitrogens with zero attached hydrogens (tertiary/aromatic N) is 1. The maximum atomic E-state index is 13.3. The first-order valence-corrected chi connectivity index (χ1v) is 9.16. The van der Waals surface area contributed by atoms with E-state index in [0.29, 0.717) is 5.92 Å². The topological polar surface area (TPSA) is 15.3 Å². The molecule has 1 atom stereocenters. The molecule has 0 spiro atoms. The van der Waals surface area contributed by atoms with Crippen LogP contribution in [0.1, 0.15) is 49.3 Å². The zero-order valence-electron chi connectivity index (χ0n) is 14.5. The lowest BCUT2D eigenvalue weighted by Gasteiger charge is -2.41. The van der Waals surface area contributed by atoms with E-state index in [4.69, 9.17) is 11.6 Å².